The molecule has 1 aliphatic heterocycles. The summed E-state index contributed by atoms with van der Waals surface area (Å²) in [7, 11) is 1.74. The smallest absolute Gasteiger partial charge is 0.275 e. The van der Waals surface area contributed by atoms with Crippen LogP contribution in [-0.4, -0.2) is 34.4 Å². The van der Waals surface area contributed by atoms with Crippen LogP contribution in [0.25, 0.3) is 10.9 Å². The summed E-state index contributed by atoms with van der Waals surface area (Å²) in [6.07, 6.45) is -1.74. The van der Waals surface area contributed by atoms with Crippen molar-refractivity contribution in [3.05, 3.63) is 24.3 Å². The maximum Gasteiger partial charge on any atom is 0.329 e. The minimum absolute atomic E-state index is 0.314. The average Bonchev–Trinajstić information content (AvgIpc) is 2.72. The molecule has 2 heterocycles. The number of imide groups is 1. The minimum atomic E-state index is -1.74. The zero-order valence-electron chi connectivity index (χ0n) is 10.1. The van der Waals surface area contributed by atoms with Crippen molar-refractivity contribution in [3.63, 3.8) is 0 Å². The molecule has 1 N–H and O–H groups in total. The largest absolute Gasteiger partial charge is 0.329 e. The molecule has 19 heavy (non-hydrogen) atoms. The number of hydrogen-bond donors (Lipinski definition) is 1. The minimum Gasteiger partial charge on any atom is -0.275 e. The van der Waals surface area contributed by atoms with E-state index in [0.717, 1.165) is 15.8 Å². The first kappa shape index (κ1) is 11.6. The van der Waals surface area contributed by atoms with E-state index in [4.69, 9.17) is 0 Å². The number of para-hydroxylation sites is 1. The maximum absolute atomic E-state index is 13.5. The van der Waals surface area contributed by atoms with Crippen LogP contribution in [0.3, 0.4) is 0 Å². The van der Waals surface area contributed by atoms with Gasteiger partial charge in [0.2, 0.25) is 0 Å². The van der Waals surface area contributed by atoms with E-state index in [2.05, 4.69) is 5.10 Å². The number of anilines is 1. The van der Waals surface area contributed by atoms with E-state index in [0.29, 0.717) is 5.82 Å². The van der Waals surface area contributed by atoms with Gasteiger partial charge in [-0.25, -0.2) is 9.18 Å². The van der Waals surface area contributed by atoms with Crippen LogP contribution in [0.15, 0.2) is 24.3 Å². The van der Waals surface area contributed by atoms with Gasteiger partial charge in [-0.05, 0) is 12.1 Å². The predicted molar refractivity (Wildman–Crippen MR) is 66.5 cm³/mol. The van der Waals surface area contributed by atoms with Gasteiger partial charge in [-0.2, -0.15) is 5.10 Å². The predicted octanol–water partition coefficient (Wildman–Crippen LogP) is 0.968. The van der Waals surface area contributed by atoms with Crippen molar-refractivity contribution in [2.45, 2.75) is 6.17 Å². The number of rotatable bonds is 1. The molecule has 1 aromatic heterocycles. The molecular weight excluding hydrogens is 251 g/mol. The van der Waals surface area contributed by atoms with Gasteiger partial charge in [-0.15, -0.1) is 0 Å². The normalized spacial score (nSPS) is 19.9. The lowest BCUT2D eigenvalue weighted by molar-refractivity contribution is -0.125. The van der Waals surface area contributed by atoms with E-state index in [1.165, 1.54) is 0 Å². The molecule has 0 saturated carbocycles. The Bertz CT molecular complexity index is 681. The lowest BCUT2D eigenvalue weighted by Gasteiger charge is -2.26. The van der Waals surface area contributed by atoms with Gasteiger partial charge in [0.15, 0.2) is 12.0 Å². The molecule has 1 unspecified atom stereocenters. The lowest BCUT2D eigenvalue weighted by atomic mass is 10.2. The number of hydrogen-bond acceptors (Lipinski definition) is 3. The molecule has 0 bridgehead atoms. The lowest BCUT2D eigenvalue weighted by Crippen LogP contribution is -2.56. The number of carbonyl (C=O) groups is 2. The topological polar surface area (TPSA) is 67.2 Å². The molecule has 3 rings (SSSR count). The van der Waals surface area contributed by atoms with Gasteiger partial charge in [0.25, 0.3) is 5.91 Å². The fourth-order valence-corrected chi connectivity index (χ4v) is 2.15. The number of amides is 3. The highest BCUT2D eigenvalue weighted by Crippen LogP contribution is 2.26. The quantitative estimate of drug-likeness (QED) is 0.832. The van der Waals surface area contributed by atoms with Crippen LogP contribution in [0.4, 0.5) is 15.0 Å². The van der Waals surface area contributed by atoms with Gasteiger partial charge in [-0.1, -0.05) is 12.1 Å². The van der Waals surface area contributed by atoms with E-state index in [1.807, 2.05) is 23.5 Å². The molecule has 1 atom stereocenters. The summed E-state index contributed by atoms with van der Waals surface area (Å²) in [5.74, 6) is -0.549. The molecule has 0 aliphatic carbocycles. The highest BCUT2D eigenvalue weighted by Gasteiger charge is 2.34. The summed E-state index contributed by atoms with van der Waals surface area (Å²) in [6.45, 7) is -0.314. The molecular formula is C12H11FN4O2. The van der Waals surface area contributed by atoms with Crippen molar-refractivity contribution >= 4 is 28.7 Å². The number of carbonyl (C=O) groups excluding carboxylic acids is 2. The summed E-state index contributed by atoms with van der Waals surface area (Å²) in [4.78, 5) is 24.0. The highest BCUT2D eigenvalue weighted by molar-refractivity contribution is 6.10. The Labute approximate surface area is 107 Å². The van der Waals surface area contributed by atoms with Crippen LogP contribution in [0.1, 0.15) is 0 Å². The van der Waals surface area contributed by atoms with Crippen molar-refractivity contribution in [1.82, 2.24) is 15.1 Å². The number of benzene rings is 1. The first-order chi connectivity index (χ1) is 9.08. The fraction of sp³-hybridized carbons (Fsp3) is 0.250. The Morgan fingerprint density at radius 1 is 1.37 bits per heavy atom. The summed E-state index contributed by atoms with van der Waals surface area (Å²) in [5.41, 5.74) is 0.831. The second-order valence-electron chi connectivity index (χ2n) is 4.34. The molecule has 1 fully saturated rings. The number of alkyl halides is 1. The molecule has 0 radical (unpaired) electrons. The number of fused-ring (bicyclic) bond motifs is 1. The van der Waals surface area contributed by atoms with Crippen molar-refractivity contribution in [2.75, 3.05) is 11.4 Å². The van der Waals surface area contributed by atoms with Gasteiger partial charge in [0.05, 0.1) is 12.1 Å². The molecule has 6 nitrogen and oxygen atoms in total. The first-order valence-corrected chi connectivity index (χ1v) is 5.76. The van der Waals surface area contributed by atoms with Crippen LogP contribution < -0.4 is 10.2 Å². The zero-order valence-corrected chi connectivity index (χ0v) is 10.1. The van der Waals surface area contributed by atoms with Crippen LogP contribution in [0.5, 0.6) is 0 Å². The standard InChI is InChI=1S/C12H11FN4O2/c1-16-9-5-3-2-4-7(9)10(15-16)17-6-8(13)11(18)14-12(17)19/h2-5,8H,6H2,1H3,(H,14,18,19). The fourth-order valence-electron chi connectivity index (χ4n) is 2.15. The third kappa shape index (κ3) is 1.74. The second kappa shape index (κ2) is 4.04. The van der Waals surface area contributed by atoms with Crippen molar-refractivity contribution < 1.29 is 14.0 Å². The summed E-state index contributed by atoms with van der Waals surface area (Å²) < 4.78 is 15.1. The Balaban J connectivity index is 2.09. The molecule has 1 aliphatic rings. The average molecular weight is 262 g/mol. The molecule has 1 aromatic carbocycles. The number of nitrogens with one attached hydrogen (secondary N) is 1. The molecule has 1 saturated heterocycles. The van der Waals surface area contributed by atoms with Crippen LogP contribution in [0, 0.1) is 0 Å². The van der Waals surface area contributed by atoms with Gasteiger partial charge in [0.1, 0.15) is 0 Å². The van der Waals surface area contributed by atoms with Gasteiger partial charge < -0.3 is 0 Å². The third-order valence-corrected chi connectivity index (χ3v) is 3.10. The number of aryl methyl sites for hydroxylation is 1. The number of halogens is 1. The van der Waals surface area contributed by atoms with Crippen molar-refractivity contribution in [3.8, 4) is 0 Å². The zero-order chi connectivity index (χ0) is 13.6. The Morgan fingerprint density at radius 3 is 2.89 bits per heavy atom. The number of urea groups is 1. The second-order valence-corrected chi connectivity index (χ2v) is 4.34. The van der Waals surface area contributed by atoms with Gasteiger partial charge in [-0.3, -0.25) is 19.7 Å². The first-order valence-electron chi connectivity index (χ1n) is 5.76. The Morgan fingerprint density at radius 2 is 2.11 bits per heavy atom. The Hall–Kier alpha value is -2.44. The third-order valence-electron chi connectivity index (χ3n) is 3.10. The van der Waals surface area contributed by atoms with Crippen molar-refractivity contribution in [2.24, 2.45) is 7.05 Å². The Kier molecular flexibility index (Phi) is 2.48. The van der Waals surface area contributed by atoms with Gasteiger partial charge in [0, 0.05) is 12.4 Å². The van der Waals surface area contributed by atoms with Crippen molar-refractivity contribution in [1.29, 1.82) is 0 Å². The number of aromatic nitrogens is 2. The summed E-state index contributed by atoms with van der Waals surface area (Å²) in [5, 5.41) is 6.94. The maximum atomic E-state index is 13.5. The van der Waals surface area contributed by atoms with E-state index in [1.54, 1.807) is 17.8 Å². The monoisotopic (exact) mass is 262 g/mol. The van der Waals surface area contributed by atoms with E-state index >= 15 is 0 Å². The molecule has 2 aromatic rings. The van der Waals surface area contributed by atoms with E-state index in [-0.39, 0.29) is 6.54 Å². The molecule has 0 spiro atoms. The number of nitrogens with zero attached hydrogens (tertiary/aromatic N) is 3. The molecule has 7 heteroatoms. The molecule has 3 amide bonds. The summed E-state index contributed by atoms with van der Waals surface area (Å²) >= 11 is 0. The van der Waals surface area contributed by atoms with Crippen LogP contribution >= 0.6 is 0 Å². The van der Waals surface area contributed by atoms with Gasteiger partial charge >= 0.3 is 6.03 Å². The highest BCUT2D eigenvalue weighted by atomic mass is 19.1. The SMILES string of the molecule is Cn1nc(N2CC(F)C(=O)NC2=O)c2ccccc21. The summed E-state index contributed by atoms with van der Waals surface area (Å²) in [6, 6.07) is 6.67. The van der Waals surface area contributed by atoms with E-state index < -0.39 is 18.1 Å². The van der Waals surface area contributed by atoms with E-state index in [9.17, 15) is 14.0 Å². The molecule has 98 valence electrons. The van der Waals surface area contributed by atoms with Crippen LogP contribution in [0.2, 0.25) is 0 Å². The van der Waals surface area contributed by atoms with Crippen LogP contribution in [-0.2, 0) is 11.8 Å².